The minimum absolute atomic E-state index is 0.0579. The van der Waals surface area contributed by atoms with Crippen molar-refractivity contribution < 1.29 is 4.42 Å². The summed E-state index contributed by atoms with van der Waals surface area (Å²) < 4.78 is 5.15. The molecule has 0 bridgehead atoms. The smallest absolute Gasteiger partial charge is 0.193 e. The molecule has 1 heterocycles. The van der Waals surface area contributed by atoms with E-state index in [9.17, 15) is 0 Å². The van der Waals surface area contributed by atoms with E-state index in [4.69, 9.17) is 21.9 Å². The van der Waals surface area contributed by atoms with Crippen molar-refractivity contribution in [2.75, 3.05) is 0 Å². The fourth-order valence-corrected chi connectivity index (χ4v) is 1.07. The molecule has 3 N–H and O–H groups in total. The van der Waals surface area contributed by atoms with Crippen LogP contribution in [0.25, 0.3) is 0 Å². The van der Waals surface area contributed by atoms with Crippen molar-refractivity contribution in [2.24, 2.45) is 5.84 Å². The molecule has 62 valence electrons. The van der Waals surface area contributed by atoms with Gasteiger partial charge in [0.25, 0.3) is 0 Å². The van der Waals surface area contributed by atoms with Crippen LogP contribution in [0.2, 0.25) is 5.22 Å². The van der Waals surface area contributed by atoms with Crippen LogP contribution < -0.4 is 11.3 Å². The molecule has 0 radical (unpaired) electrons. The molecule has 0 fully saturated rings. The van der Waals surface area contributed by atoms with Crippen LogP contribution in [-0.2, 0) is 0 Å². The Balaban J connectivity index is 2.73. The van der Waals surface area contributed by atoms with Crippen LogP contribution in [-0.4, -0.2) is 0 Å². The quantitative estimate of drug-likeness (QED) is 0.543. The third kappa shape index (κ3) is 1.96. The van der Waals surface area contributed by atoms with Crippen molar-refractivity contribution in [2.45, 2.75) is 19.4 Å². The molecule has 0 aromatic carbocycles. The Morgan fingerprint density at radius 3 is 2.82 bits per heavy atom. The van der Waals surface area contributed by atoms with Crippen LogP contribution in [0.15, 0.2) is 16.5 Å². The van der Waals surface area contributed by atoms with Gasteiger partial charge in [0.1, 0.15) is 5.76 Å². The summed E-state index contributed by atoms with van der Waals surface area (Å²) in [6.07, 6.45) is 0.875. The van der Waals surface area contributed by atoms with E-state index in [-0.39, 0.29) is 6.04 Å². The minimum atomic E-state index is 0.0579. The number of hydrazine groups is 1. The van der Waals surface area contributed by atoms with Gasteiger partial charge in [-0.15, -0.1) is 0 Å². The lowest BCUT2D eigenvalue weighted by Crippen LogP contribution is -2.26. The Morgan fingerprint density at radius 2 is 2.45 bits per heavy atom. The highest BCUT2D eigenvalue weighted by atomic mass is 35.5. The van der Waals surface area contributed by atoms with E-state index in [2.05, 4.69) is 5.43 Å². The Labute approximate surface area is 70.5 Å². The molecule has 0 aliphatic heterocycles. The van der Waals surface area contributed by atoms with Gasteiger partial charge >= 0.3 is 0 Å². The van der Waals surface area contributed by atoms with Crippen LogP contribution in [0.5, 0.6) is 0 Å². The maximum Gasteiger partial charge on any atom is 0.193 e. The summed E-state index contributed by atoms with van der Waals surface area (Å²) >= 11 is 5.58. The zero-order chi connectivity index (χ0) is 8.27. The molecule has 11 heavy (non-hydrogen) atoms. The number of hydrogen-bond acceptors (Lipinski definition) is 3. The Hall–Kier alpha value is -0.510. The molecule has 0 saturated carbocycles. The zero-order valence-electron chi connectivity index (χ0n) is 6.30. The second-order valence-corrected chi connectivity index (χ2v) is 2.64. The van der Waals surface area contributed by atoms with E-state index in [1.54, 1.807) is 6.07 Å². The van der Waals surface area contributed by atoms with Gasteiger partial charge in [-0.2, -0.15) is 0 Å². The number of halogens is 1. The Morgan fingerprint density at radius 1 is 1.73 bits per heavy atom. The summed E-state index contributed by atoms with van der Waals surface area (Å²) in [6.45, 7) is 2.01. The number of nitrogens with two attached hydrogens (primary N) is 1. The van der Waals surface area contributed by atoms with Crippen molar-refractivity contribution in [3.05, 3.63) is 23.1 Å². The minimum Gasteiger partial charge on any atom is -0.448 e. The lowest BCUT2D eigenvalue weighted by atomic mass is 10.2. The van der Waals surface area contributed by atoms with Gasteiger partial charge < -0.3 is 4.42 Å². The molecule has 3 nitrogen and oxygen atoms in total. The van der Waals surface area contributed by atoms with Gasteiger partial charge in [-0.3, -0.25) is 5.84 Å². The second kappa shape index (κ2) is 3.76. The maximum atomic E-state index is 5.58. The highest BCUT2D eigenvalue weighted by molar-refractivity contribution is 6.28. The average molecular weight is 175 g/mol. The topological polar surface area (TPSA) is 51.2 Å². The predicted octanol–water partition coefficient (Wildman–Crippen LogP) is 1.85. The second-order valence-electron chi connectivity index (χ2n) is 2.27. The first-order valence-electron chi connectivity index (χ1n) is 3.49. The fraction of sp³-hybridized carbons (Fsp3) is 0.429. The first-order chi connectivity index (χ1) is 5.27. The van der Waals surface area contributed by atoms with Crippen molar-refractivity contribution in [3.8, 4) is 0 Å². The highest BCUT2D eigenvalue weighted by Crippen LogP contribution is 2.21. The summed E-state index contributed by atoms with van der Waals surface area (Å²) in [5, 5.41) is 0.397. The van der Waals surface area contributed by atoms with Crippen LogP contribution in [0.3, 0.4) is 0 Å². The van der Waals surface area contributed by atoms with Gasteiger partial charge in [0.2, 0.25) is 0 Å². The summed E-state index contributed by atoms with van der Waals surface area (Å²) in [5.74, 6) is 6.05. The lowest BCUT2D eigenvalue weighted by Gasteiger charge is -2.08. The molecular weight excluding hydrogens is 164 g/mol. The normalized spacial score (nSPS) is 13.4. The molecule has 1 rings (SSSR count). The number of hydrogen-bond donors (Lipinski definition) is 2. The van der Waals surface area contributed by atoms with E-state index in [0.29, 0.717) is 5.22 Å². The van der Waals surface area contributed by atoms with E-state index >= 15 is 0 Å². The van der Waals surface area contributed by atoms with Crippen LogP contribution in [0, 0.1) is 0 Å². The summed E-state index contributed by atoms with van der Waals surface area (Å²) in [5.41, 5.74) is 2.63. The van der Waals surface area contributed by atoms with Crippen molar-refractivity contribution in [3.63, 3.8) is 0 Å². The summed E-state index contributed by atoms with van der Waals surface area (Å²) in [7, 11) is 0. The van der Waals surface area contributed by atoms with Gasteiger partial charge in [-0.05, 0) is 30.2 Å². The van der Waals surface area contributed by atoms with Gasteiger partial charge in [0.05, 0.1) is 6.04 Å². The van der Waals surface area contributed by atoms with Gasteiger partial charge in [-0.25, -0.2) is 5.43 Å². The van der Waals surface area contributed by atoms with Crippen molar-refractivity contribution in [1.82, 2.24) is 5.43 Å². The molecule has 0 aliphatic carbocycles. The average Bonchev–Trinajstić information content (AvgIpc) is 2.39. The SMILES string of the molecule is CCC(NN)c1ccc(Cl)o1. The molecule has 1 unspecified atom stereocenters. The number of rotatable bonds is 3. The van der Waals surface area contributed by atoms with Gasteiger partial charge in [0, 0.05) is 0 Å². The molecule has 4 heteroatoms. The Bertz CT molecular complexity index is 220. The molecule has 0 spiro atoms. The zero-order valence-corrected chi connectivity index (χ0v) is 7.06. The predicted molar refractivity (Wildman–Crippen MR) is 44.1 cm³/mol. The summed E-state index contributed by atoms with van der Waals surface area (Å²) in [4.78, 5) is 0. The Kier molecular flexibility index (Phi) is 2.93. The van der Waals surface area contributed by atoms with Crippen molar-refractivity contribution in [1.29, 1.82) is 0 Å². The molecule has 0 amide bonds. The molecule has 1 aromatic rings. The molecular formula is C7H11ClN2O. The van der Waals surface area contributed by atoms with Crippen LogP contribution in [0.4, 0.5) is 0 Å². The third-order valence-corrected chi connectivity index (χ3v) is 1.75. The largest absolute Gasteiger partial charge is 0.448 e. The van der Waals surface area contributed by atoms with Crippen LogP contribution in [0.1, 0.15) is 25.1 Å². The first-order valence-corrected chi connectivity index (χ1v) is 3.87. The lowest BCUT2D eigenvalue weighted by molar-refractivity contribution is 0.411. The van der Waals surface area contributed by atoms with E-state index in [0.717, 1.165) is 12.2 Å². The van der Waals surface area contributed by atoms with E-state index in [1.807, 2.05) is 13.0 Å². The molecule has 1 atom stereocenters. The number of nitrogens with one attached hydrogen (secondary N) is 1. The van der Waals surface area contributed by atoms with Crippen molar-refractivity contribution >= 4 is 11.6 Å². The van der Waals surface area contributed by atoms with Gasteiger partial charge in [-0.1, -0.05) is 6.92 Å². The first kappa shape index (κ1) is 8.59. The maximum absolute atomic E-state index is 5.58. The van der Waals surface area contributed by atoms with E-state index in [1.165, 1.54) is 0 Å². The monoisotopic (exact) mass is 174 g/mol. The highest BCUT2D eigenvalue weighted by Gasteiger charge is 2.10. The third-order valence-electron chi connectivity index (χ3n) is 1.55. The standard InChI is InChI=1S/C7H11ClN2O/c1-2-5(10-9)6-3-4-7(8)11-6/h3-5,10H,2,9H2,1H3. The van der Waals surface area contributed by atoms with Gasteiger partial charge in [0.15, 0.2) is 5.22 Å². The molecule has 0 aliphatic rings. The summed E-state index contributed by atoms with van der Waals surface area (Å²) in [6, 6.07) is 3.58. The molecule has 1 aromatic heterocycles. The fourth-order valence-electron chi connectivity index (χ4n) is 0.917. The molecule has 0 saturated heterocycles. The van der Waals surface area contributed by atoms with Crippen LogP contribution >= 0.6 is 11.6 Å². The van der Waals surface area contributed by atoms with E-state index < -0.39 is 0 Å². The number of furan rings is 1.